The molecule has 2 N–H and O–H groups in total. The summed E-state index contributed by atoms with van der Waals surface area (Å²) in [4.78, 5) is 34.7. The second-order valence-electron chi connectivity index (χ2n) is 4.29. The summed E-state index contributed by atoms with van der Waals surface area (Å²) >= 11 is 5.71. The maximum absolute atomic E-state index is 11.7. The summed E-state index contributed by atoms with van der Waals surface area (Å²) in [6, 6.07) is 6.08. The van der Waals surface area contributed by atoms with Crippen LogP contribution in [0.25, 0.3) is 0 Å². The lowest BCUT2D eigenvalue weighted by molar-refractivity contribution is -0.149. The molecule has 0 radical (unpaired) electrons. The Balaban J connectivity index is 1.72. The zero-order chi connectivity index (χ0) is 16.7. The number of halogens is 1. The van der Waals surface area contributed by atoms with E-state index in [2.05, 4.69) is 10.9 Å². The van der Waals surface area contributed by atoms with Gasteiger partial charge in [0.25, 0.3) is 11.8 Å². The van der Waals surface area contributed by atoms with Crippen molar-refractivity contribution in [2.75, 3.05) is 19.8 Å². The van der Waals surface area contributed by atoms with Gasteiger partial charge in [-0.15, -0.1) is 0 Å². The van der Waals surface area contributed by atoms with Crippen molar-refractivity contribution in [3.63, 3.8) is 0 Å². The molecular weight excluding hydrogens is 328 g/mol. The zero-order valence-electron chi connectivity index (χ0n) is 11.8. The quantitative estimate of drug-likeness (QED) is 0.612. The van der Waals surface area contributed by atoms with E-state index in [0.717, 1.165) is 6.26 Å². The number of ether oxygens (including phenoxy) is 3. The predicted molar refractivity (Wildman–Crippen MR) is 78.0 cm³/mol. The Labute approximate surface area is 136 Å². The van der Waals surface area contributed by atoms with Crippen molar-refractivity contribution in [1.29, 1.82) is 0 Å². The van der Waals surface area contributed by atoms with Crippen LogP contribution in [0.5, 0.6) is 0 Å². The largest absolute Gasteiger partial charge is 0.493 e. The maximum atomic E-state index is 11.7. The molecule has 0 saturated heterocycles. The summed E-state index contributed by atoms with van der Waals surface area (Å²) in [5.41, 5.74) is 4.60. The molecule has 0 bridgehead atoms. The van der Waals surface area contributed by atoms with Crippen LogP contribution in [0.2, 0.25) is 5.02 Å². The first-order chi connectivity index (χ1) is 11.1. The molecule has 0 atom stereocenters. The van der Waals surface area contributed by atoms with E-state index in [1.165, 1.54) is 12.1 Å². The van der Waals surface area contributed by atoms with E-state index in [0.29, 0.717) is 17.2 Å². The SMILES string of the molecule is O=C(COC(=O)C1=COCCO1)NNC(=O)c1ccc(Cl)cc1. The fraction of sp³-hybridized carbons (Fsp3) is 0.214. The number of amides is 2. The van der Waals surface area contributed by atoms with Crippen LogP contribution in [0.1, 0.15) is 10.4 Å². The first-order valence-electron chi connectivity index (χ1n) is 6.52. The van der Waals surface area contributed by atoms with Crippen molar-refractivity contribution >= 4 is 29.4 Å². The van der Waals surface area contributed by atoms with E-state index in [1.54, 1.807) is 12.1 Å². The Bertz CT molecular complexity index is 629. The van der Waals surface area contributed by atoms with E-state index in [9.17, 15) is 14.4 Å². The van der Waals surface area contributed by atoms with Gasteiger partial charge in [-0.2, -0.15) is 0 Å². The Kier molecular flexibility index (Phi) is 5.81. The van der Waals surface area contributed by atoms with E-state index in [1.807, 2.05) is 0 Å². The molecule has 1 aromatic rings. The molecule has 23 heavy (non-hydrogen) atoms. The van der Waals surface area contributed by atoms with Crippen molar-refractivity contribution in [2.45, 2.75) is 0 Å². The number of hydrazine groups is 1. The third-order valence-corrected chi connectivity index (χ3v) is 2.86. The van der Waals surface area contributed by atoms with E-state index in [4.69, 9.17) is 25.8 Å². The summed E-state index contributed by atoms with van der Waals surface area (Å²) in [7, 11) is 0. The van der Waals surface area contributed by atoms with Gasteiger partial charge in [0.05, 0.1) is 0 Å². The van der Waals surface area contributed by atoms with Gasteiger partial charge in [-0.3, -0.25) is 20.4 Å². The zero-order valence-corrected chi connectivity index (χ0v) is 12.6. The smallest absolute Gasteiger partial charge is 0.377 e. The van der Waals surface area contributed by atoms with E-state index in [-0.39, 0.29) is 12.4 Å². The lowest BCUT2D eigenvalue weighted by Gasteiger charge is -2.14. The molecule has 0 aromatic heterocycles. The first kappa shape index (κ1) is 16.6. The number of carbonyl (C=O) groups excluding carboxylic acids is 3. The minimum absolute atomic E-state index is 0.116. The highest BCUT2D eigenvalue weighted by molar-refractivity contribution is 6.30. The number of nitrogens with one attached hydrogen (secondary N) is 2. The van der Waals surface area contributed by atoms with E-state index >= 15 is 0 Å². The molecule has 1 aromatic carbocycles. The number of hydrogen-bond donors (Lipinski definition) is 2. The lowest BCUT2D eigenvalue weighted by Crippen LogP contribution is -2.43. The molecule has 1 heterocycles. The number of esters is 1. The van der Waals surface area contributed by atoms with Gasteiger partial charge in [0.15, 0.2) is 6.61 Å². The fourth-order valence-corrected chi connectivity index (χ4v) is 1.64. The molecule has 8 nitrogen and oxygen atoms in total. The molecule has 1 aliphatic heterocycles. The molecule has 9 heteroatoms. The summed E-state index contributed by atoms with van der Waals surface area (Å²) in [5, 5.41) is 0.487. The average molecular weight is 341 g/mol. The Morgan fingerprint density at radius 1 is 1.13 bits per heavy atom. The van der Waals surface area contributed by atoms with Crippen LogP contribution in [-0.4, -0.2) is 37.6 Å². The van der Waals surface area contributed by atoms with Gasteiger partial charge in [0.2, 0.25) is 5.76 Å². The molecular formula is C14H13ClN2O6. The number of carbonyl (C=O) groups is 3. The molecule has 0 spiro atoms. The molecule has 0 saturated carbocycles. The third kappa shape index (κ3) is 5.19. The van der Waals surface area contributed by atoms with Crippen LogP contribution in [0.3, 0.4) is 0 Å². The molecule has 0 fully saturated rings. The van der Waals surface area contributed by atoms with Crippen LogP contribution in [-0.2, 0) is 23.8 Å². The number of benzene rings is 1. The molecule has 0 aliphatic carbocycles. The maximum Gasteiger partial charge on any atom is 0.377 e. The third-order valence-electron chi connectivity index (χ3n) is 2.61. The van der Waals surface area contributed by atoms with Crippen molar-refractivity contribution in [2.24, 2.45) is 0 Å². The predicted octanol–water partition coefficient (Wildman–Crippen LogP) is 0.532. The Morgan fingerprint density at radius 3 is 2.52 bits per heavy atom. The van der Waals surface area contributed by atoms with Gasteiger partial charge in [0.1, 0.15) is 19.5 Å². The second-order valence-corrected chi connectivity index (χ2v) is 4.72. The lowest BCUT2D eigenvalue weighted by atomic mass is 10.2. The summed E-state index contributed by atoms with van der Waals surface area (Å²) in [6.45, 7) is -0.0152. The van der Waals surface area contributed by atoms with Gasteiger partial charge in [-0.25, -0.2) is 4.79 Å². The standard InChI is InChI=1S/C14H13ClN2O6/c15-10-3-1-9(2-4-10)13(19)17-16-12(18)8-23-14(20)11-7-21-5-6-22-11/h1-4,7H,5-6,8H2,(H,16,18)(H,17,19). The summed E-state index contributed by atoms with van der Waals surface area (Å²) in [6.07, 6.45) is 1.12. The highest BCUT2D eigenvalue weighted by Crippen LogP contribution is 2.09. The normalized spacial score (nSPS) is 13.0. The summed E-state index contributed by atoms with van der Waals surface area (Å²) < 4.78 is 14.6. The molecule has 1 aliphatic rings. The van der Waals surface area contributed by atoms with Crippen LogP contribution in [0.4, 0.5) is 0 Å². The van der Waals surface area contributed by atoms with Gasteiger partial charge in [-0.05, 0) is 24.3 Å². The highest BCUT2D eigenvalue weighted by Gasteiger charge is 2.18. The molecule has 122 valence electrons. The molecule has 2 amide bonds. The minimum Gasteiger partial charge on any atom is -0.493 e. The van der Waals surface area contributed by atoms with E-state index < -0.39 is 24.4 Å². The van der Waals surface area contributed by atoms with Crippen LogP contribution < -0.4 is 10.9 Å². The average Bonchev–Trinajstić information content (AvgIpc) is 2.59. The van der Waals surface area contributed by atoms with Gasteiger partial charge in [0, 0.05) is 10.6 Å². The molecule has 2 rings (SSSR count). The van der Waals surface area contributed by atoms with Gasteiger partial charge in [-0.1, -0.05) is 11.6 Å². The van der Waals surface area contributed by atoms with Crippen LogP contribution in [0, 0.1) is 0 Å². The van der Waals surface area contributed by atoms with Gasteiger partial charge >= 0.3 is 5.97 Å². The van der Waals surface area contributed by atoms with Crippen molar-refractivity contribution in [3.05, 3.63) is 46.9 Å². The molecule has 0 unspecified atom stereocenters. The van der Waals surface area contributed by atoms with Crippen LogP contribution >= 0.6 is 11.6 Å². The first-order valence-corrected chi connectivity index (χ1v) is 6.90. The number of rotatable bonds is 4. The van der Waals surface area contributed by atoms with Crippen molar-refractivity contribution in [3.8, 4) is 0 Å². The van der Waals surface area contributed by atoms with Crippen molar-refractivity contribution in [1.82, 2.24) is 10.9 Å². The van der Waals surface area contributed by atoms with Crippen LogP contribution in [0.15, 0.2) is 36.3 Å². The second kappa shape index (κ2) is 8.04. The Hall–Kier alpha value is -2.74. The van der Waals surface area contributed by atoms with Crippen molar-refractivity contribution < 1.29 is 28.6 Å². The monoisotopic (exact) mass is 340 g/mol. The number of hydrogen-bond acceptors (Lipinski definition) is 6. The highest BCUT2D eigenvalue weighted by atomic mass is 35.5. The Morgan fingerprint density at radius 2 is 1.87 bits per heavy atom. The van der Waals surface area contributed by atoms with Gasteiger partial charge < -0.3 is 14.2 Å². The minimum atomic E-state index is -0.830. The summed E-state index contributed by atoms with van der Waals surface area (Å²) in [5.74, 6) is -2.19. The topological polar surface area (TPSA) is 103 Å². The fourth-order valence-electron chi connectivity index (χ4n) is 1.51.